The second kappa shape index (κ2) is 6.91. The maximum absolute atomic E-state index is 3.62. The van der Waals surface area contributed by atoms with Crippen molar-refractivity contribution in [2.24, 2.45) is 11.8 Å². The van der Waals surface area contributed by atoms with Crippen molar-refractivity contribution in [3.8, 4) is 0 Å². The van der Waals surface area contributed by atoms with Gasteiger partial charge in [0.15, 0.2) is 0 Å². The maximum Gasteiger partial charge on any atom is 0.0701 e. The van der Waals surface area contributed by atoms with E-state index in [1.807, 2.05) is 11.3 Å². The van der Waals surface area contributed by atoms with Gasteiger partial charge in [-0.2, -0.15) is 0 Å². The Labute approximate surface area is 117 Å². The van der Waals surface area contributed by atoms with Gasteiger partial charge in [-0.15, -0.1) is 11.3 Å². The van der Waals surface area contributed by atoms with Gasteiger partial charge in [-0.3, -0.25) is 0 Å². The van der Waals surface area contributed by atoms with Crippen LogP contribution in [0.4, 0.5) is 0 Å². The van der Waals surface area contributed by atoms with E-state index in [1.54, 1.807) is 0 Å². The van der Waals surface area contributed by atoms with Crippen LogP contribution in [0.2, 0.25) is 0 Å². The maximum atomic E-state index is 3.62. The van der Waals surface area contributed by atoms with Gasteiger partial charge < -0.3 is 5.32 Å². The molecule has 1 aromatic rings. The van der Waals surface area contributed by atoms with Crippen LogP contribution in [0.1, 0.15) is 37.5 Å². The highest BCUT2D eigenvalue weighted by atomic mass is 79.9. The molecular weight excluding hydrogens is 294 g/mol. The normalized spacial score (nSPS) is 25.1. The minimum Gasteiger partial charge on any atom is -0.316 e. The Bertz CT molecular complexity index is 337. The number of hydrogen-bond donors (Lipinski definition) is 1. The van der Waals surface area contributed by atoms with E-state index in [2.05, 4.69) is 40.3 Å². The molecule has 1 aliphatic carbocycles. The van der Waals surface area contributed by atoms with E-state index in [1.165, 1.54) is 47.3 Å². The van der Waals surface area contributed by atoms with Crippen LogP contribution in [0, 0.1) is 11.8 Å². The third kappa shape index (κ3) is 4.72. The van der Waals surface area contributed by atoms with Crippen LogP contribution in [-0.4, -0.2) is 13.1 Å². The highest BCUT2D eigenvalue weighted by molar-refractivity contribution is 9.11. The van der Waals surface area contributed by atoms with Crippen LogP contribution in [0.3, 0.4) is 0 Å². The number of hydrogen-bond acceptors (Lipinski definition) is 2. The monoisotopic (exact) mass is 315 g/mol. The summed E-state index contributed by atoms with van der Waals surface area (Å²) in [5, 5.41) is 3.62. The topological polar surface area (TPSA) is 12.0 Å². The predicted octanol–water partition coefficient (Wildman–Crippen LogP) is 4.47. The summed E-state index contributed by atoms with van der Waals surface area (Å²) >= 11 is 5.36. The first kappa shape index (κ1) is 13.6. The molecule has 1 nitrogen and oxygen atoms in total. The van der Waals surface area contributed by atoms with E-state index in [9.17, 15) is 0 Å². The van der Waals surface area contributed by atoms with Crippen molar-refractivity contribution in [1.29, 1.82) is 0 Å². The summed E-state index contributed by atoms with van der Waals surface area (Å²) in [5.74, 6) is 1.87. The molecule has 0 spiro atoms. The Morgan fingerprint density at radius 2 is 2.29 bits per heavy atom. The Kier molecular flexibility index (Phi) is 5.51. The number of thiophene rings is 1. The van der Waals surface area contributed by atoms with Gasteiger partial charge in [-0.05, 0) is 72.3 Å². The van der Waals surface area contributed by atoms with Gasteiger partial charge >= 0.3 is 0 Å². The Morgan fingerprint density at radius 3 is 3.00 bits per heavy atom. The van der Waals surface area contributed by atoms with E-state index in [0.717, 1.165) is 18.4 Å². The Hall–Kier alpha value is 0.140. The first-order valence-electron chi connectivity index (χ1n) is 6.69. The van der Waals surface area contributed by atoms with Crippen LogP contribution in [0.15, 0.2) is 15.9 Å². The lowest BCUT2D eigenvalue weighted by Gasteiger charge is -2.26. The summed E-state index contributed by atoms with van der Waals surface area (Å²) in [7, 11) is 0. The lowest BCUT2D eigenvalue weighted by Crippen LogP contribution is -2.28. The molecule has 0 amide bonds. The van der Waals surface area contributed by atoms with E-state index in [0.29, 0.717) is 0 Å². The average molecular weight is 316 g/mol. The van der Waals surface area contributed by atoms with Crippen molar-refractivity contribution in [2.75, 3.05) is 13.1 Å². The molecule has 2 rings (SSSR count). The Balaban J connectivity index is 1.59. The lowest BCUT2D eigenvalue weighted by molar-refractivity contribution is 0.275. The van der Waals surface area contributed by atoms with Crippen molar-refractivity contribution in [3.63, 3.8) is 0 Å². The van der Waals surface area contributed by atoms with Crippen LogP contribution < -0.4 is 5.32 Å². The summed E-state index contributed by atoms with van der Waals surface area (Å²) in [4.78, 5) is 1.47. The van der Waals surface area contributed by atoms with E-state index in [-0.39, 0.29) is 0 Å². The first-order valence-corrected chi connectivity index (χ1v) is 8.30. The third-order valence-electron chi connectivity index (χ3n) is 3.66. The fraction of sp³-hybridized carbons (Fsp3) is 0.714. The molecule has 1 N–H and O–H groups in total. The second-order valence-corrected chi connectivity index (χ2v) is 7.85. The van der Waals surface area contributed by atoms with Crippen molar-refractivity contribution in [3.05, 3.63) is 20.8 Å². The molecule has 17 heavy (non-hydrogen) atoms. The van der Waals surface area contributed by atoms with E-state index >= 15 is 0 Å². The van der Waals surface area contributed by atoms with E-state index < -0.39 is 0 Å². The fourth-order valence-corrected chi connectivity index (χ4v) is 4.23. The third-order valence-corrected chi connectivity index (χ3v) is 5.34. The molecule has 1 heterocycles. The molecule has 0 bridgehead atoms. The van der Waals surface area contributed by atoms with Crippen LogP contribution in [-0.2, 0) is 6.42 Å². The quantitative estimate of drug-likeness (QED) is 0.790. The zero-order valence-electron chi connectivity index (χ0n) is 10.5. The summed E-state index contributed by atoms with van der Waals surface area (Å²) in [6.45, 7) is 4.74. The summed E-state index contributed by atoms with van der Waals surface area (Å²) < 4.78 is 1.24. The van der Waals surface area contributed by atoms with Gasteiger partial charge in [0, 0.05) is 4.88 Å². The average Bonchev–Trinajstić information content (AvgIpc) is 2.71. The first-order chi connectivity index (χ1) is 8.24. The van der Waals surface area contributed by atoms with Crippen molar-refractivity contribution in [2.45, 2.75) is 39.0 Å². The molecule has 0 radical (unpaired) electrons. The van der Waals surface area contributed by atoms with Gasteiger partial charge in [0.1, 0.15) is 0 Å². The number of nitrogens with one attached hydrogen (secondary N) is 1. The molecule has 2 unspecified atom stereocenters. The zero-order chi connectivity index (χ0) is 12.1. The van der Waals surface area contributed by atoms with Crippen molar-refractivity contribution < 1.29 is 0 Å². The molecule has 1 aromatic heterocycles. The van der Waals surface area contributed by atoms with Gasteiger partial charge in [-0.25, -0.2) is 0 Å². The largest absolute Gasteiger partial charge is 0.316 e. The molecule has 96 valence electrons. The molecule has 1 saturated carbocycles. The standard InChI is InChI=1S/C14H22BrNS/c1-11-3-2-4-12(9-11)10-16-8-7-13-5-6-14(15)17-13/h5-6,11-12,16H,2-4,7-10H2,1H3. The molecule has 2 atom stereocenters. The SMILES string of the molecule is CC1CCCC(CNCCc2ccc(Br)s2)C1. The summed E-state index contributed by atoms with van der Waals surface area (Å²) in [5.41, 5.74) is 0. The van der Waals surface area contributed by atoms with Crippen LogP contribution >= 0.6 is 27.3 Å². The van der Waals surface area contributed by atoms with Crippen LogP contribution in [0.25, 0.3) is 0 Å². The van der Waals surface area contributed by atoms with Crippen molar-refractivity contribution >= 4 is 27.3 Å². The number of rotatable bonds is 5. The molecule has 3 heteroatoms. The van der Waals surface area contributed by atoms with Crippen LogP contribution in [0.5, 0.6) is 0 Å². The lowest BCUT2D eigenvalue weighted by atomic mass is 9.82. The molecule has 1 fully saturated rings. The van der Waals surface area contributed by atoms with E-state index in [4.69, 9.17) is 0 Å². The molecule has 0 saturated heterocycles. The highest BCUT2D eigenvalue weighted by Crippen LogP contribution is 2.28. The minimum atomic E-state index is 0.925. The zero-order valence-corrected chi connectivity index (χ0v) is 12.9. The fourth-order valence-electron chi connectivity index (χ4n) is 2.75. The van der Waals surface area contributed by atoms with Gasteiger partial charge in [0.05, 0.1) is 3.79 Å². The van der Waals surface area contributed by atoms with Gasteiger partial charge in [0.2, 0.25) is 0 Å². The molecule has 0 aliphatic heterocycles. The molecule has 0 aromatic carbocycles. The smallest absolute Gasteiger partial charge is 0.0701 e. The molecule has 1 aliphatic rings. The van der Waals surface area contributed by atoms with Gasteiger partial charge in [-0.1, -0.05) is 19.8 Å². The summed E-state index contributed by atoms with van der Waals surface area (Å²) in [6.07, 6.45) is 6.91. The number of halogens is 1. The highest BCUT2D eigenvalue weighted by Gasteiger charge is 2.17. The summed E-state index contributed by atoms with van der Waals surface area (Å²) in [6, 6.07) is 4.36. The predicted molar refractivity (Wildman–Crippen MR) is 79.7 cm³/mol. The second-order valence-electron chi connectivity index (χ2n) is 5.30. The van der Waals surface area contributed by atoms with Crippen molar-refractivity contribution in [1.82, 2.24) is 5.32 Å². The Morgan fingerprint density at radius 1 is 1.41 bits per heavy atom. The van der Waals surface area contributed by atoms with Gasteiger partial charge in [0.25, 0.3) is 0 Å². The minimum absolute atomic E-state index is 0.925. The molecular formula is C14H22BrNS.